The molecule has 0 aliphatic rings. The summed E-state index contributed by atoms with van der Waals surface area (Å²) in [7, 11) is 1.91. The summed E-state index contributed by atoms with van der Waals surface area (Å²) in [5.74, 6) is 2.22. The van der Waals surface area contributed by atoms with Crippen molar-refractivity contribution in [2.45, 2.75) is 33.2 Å². The van der Waals surface area contributed by atoms with E-state index in [2.05, 4.69) is 43.2 Å². The van der Waals surface area contributed by atoms with Crippen molar-refractivity contribution >= 4 is 0 Å². The Bertz CT molecular complexity index is 579. The number of rotatable bonds is 5. The topological polar surface area (TPSA) is 34.1 Å². The summed E-state index contributed by atoms with van der Waals surface area (Å²) in [6.07, 6.45) is 1.78. The Balaban J connectivity index is 2.17. The smallest absolute Gasteiger partial charge is 0.130 e. The molecule has 0 saturated carbocycles. The Labute approximate surface area is 121 Å². The average Bonchev–Trinajstić information content (AvgIpc) is 2.39. The zero-order chi connectivity index (χ0) is 14.5. The van der Waals surface area contributed by atoms with E-state index in [9.17, 15) is 0 Å². The van der Waals surface area contributed by atoms with Crippen molar-refractivity contribution in [3.8, 4) is 11.5 Å². The van der Waals surface area contributed by atoms with Gasteiger partial charge in [0.25, 0.3) is 0 Å². The Morgan fingerprint density at radius 2 is 1.90 bits per heavy atom. The molecule has 2 rings (SSSR count). The first-order chi connectivity index (χ1) is 9.60. The van der Waals surface area contributed by atoms with Gasteiger partial charge in [0.15, 0.2) is 0 Å². The Kier molecular flexibility index (Phi) is 4.74. The SMILES string of the molecule is CNCc1cc(Oc2ccc(C(C)C)c(C)c2)ccn1. The van der Waals surface area contributed by atoms with Crippen LogP contribution in [-0.2, 0) is 6.54 Å². The molecule has 3 heteroatoms. The lowest BCUT2D eigenvalue weighted by molar-refractivity contribution is 0.480. The molecule has 0 aliphatic carbocycles. The second-order valence-corrected chi connectivity index (χ2v) is 5.29. The van der Waals surface area contributed by atoms with Crippen LogP contribution in [0.15, 0.2) is 36.5 Å². The molecule has 1 aromatic heterocycles. The van der Waals surface area contributed by atoms with Crippen molar-refractivity contribution in [3.05, 3.63) is 53.3 Å². The highest BCUT2D eigenvalue weighted by molar-refractivity contribution is 5.39. The summed E-state index contributed by atoms with van der Waals surface area (Å²) in [6, 6.07) is 10.1. The van der Waals surface area contributed by atoms with E-state index in [4.69, 9.17) is 4.74 Å². The van der Waals surface area contributed by atoms with Gasteiger partial charge in [-0.3, -0.25) is 4.98 Å². The molecule has 2 aromatic rings. The molecule has 0 spiro atoms. The van der Waals surface area contributed by atoms with E-state index in [0.717, 1.165) is 23.7 Å². The Morgan fingerprint density at radius 3 is 2.55 bits per heavy atom. The van der Waals surface area contributed by atoms with Crippen LogP contribution in [0, 0.1) is 6.92 Å². The molecule has 0 aliphatic heterocycles. The molecule has 1 aromatic carbocycles. The van der Waals surface area contributed by atoms with Crippen LogP contribution in [0.5, 0.6) is 11.5 Å². The largest absolute Gasteiger partial charge is 0.457 e. The zero-order valence-corrected chi connectivity index (χ0v) is 12.6. The van der Waals surface area contributed by atoms with Gasteiger partial charge in [0.2, 0.25) is 0 Å². The van der Waals surface area contributed by atoms with Gasteiger partial charge in [0.1, 0.15) is 11.5 Å². The van der Waals surface area contributed by atoms with Crippen molar-refractivity contribution in [1.29, 1.82) is 0 Å². The number of hydrogen-bond donors (Lipinski definition) is 1. The zero-order valence-electron chi connectivity index (χ0n) is 12.6. The highest BCUT2D eigenvalue weighted by Crippen LogP contribution is 2.27. The van der Waals surface area contributed by atoms with Gasteiger partial charge in [-0.05, 0) is 49.2 Å². The van der Waals surface area contributed by atoms with Crippen LogP contribution < -0.4 is 10.1 Å². The monoisotopic (exact) mass is 270 g/mol. The molecule has 0 atom stereocenters. The predicted octanol–water partition coefficient (Wildman–Crippen LogP) is 4.03. The number of ether oxygens (including phenoxy) is 1. The highest BCUT2D eigenvalue weighted by Gasteiger charge is 2.06. The number of aromatic nitrogens is 1. The summed E-state index contributed by atoms with van der Waals surface area (Å²) in [5.41, 5.74) is 3.60. The number of nitrogens with zero attached hydrogens (tertiary/aromatic N) is 1. The van der Waals surface area contributed by atoms with E-state index in [1.165, 1.54) is 11.1 Å². The number of hydrogen-bond acceptors (Lipinski definition) is 3. The molecule has 0 saturated heterocycles. The maximum absolute atomic E-state index is 5.91. The molecular weight excluding hydrogens is 248 g/mol. The molecule has 0 amide bonds. The minimum absolute atomic E-state index is 0.534. The molecule has 3 nitrogen and oxygen atoms in total. The van der Waals surface area contributed by atoms with Crippen LogP contribution in [0.4, 0.5) is 0 Å². The van der Waals surface area contributed by atoms with Crippen LogP contribution in [-0.4, -0.2) is 12.0 Å². The number of benzene rings is 1. The quantitative estimate of drug-likeness (QED) is 0.891. The first kappa shape index (κ1) is 14.5. The lowest BCUT2D eigenvalue weighted by Crippen LogP contribution is -2.06. The fourth-order valence-electron chi connectivity index (χ4n) is 2.29. The summed E-state index contributed by atoms with van der Waals surface area (Å²) in [5, 5.41) is 3.09. The normalized spacial score (nSPS) is 10.8. The maximum atomic E-state index is 5.91. The summed E-state index contributed by atoms with van der Waals surface area (Å²) < 4.78 is 5.91. The van der Waals surface area contributed by atoms with Gasteiger partial charge < -0.3 is 10.1 Å². The summed E-state index contributed by atoms with van der Waals surface area (Å²) >= 11 is 0. The van der Waals surface area contributed by atoms with Gasteiger partial charge in [0, 0.05) is 18.8 Å². The highest BCUT2D eigenvalue weighted by atomic mass is 16.5. The van der Waals surface area contributed by atoms with Gasteiger partial charge in [0.05, 0.1) is 5.69 Å². The lowest BCUT2D eigenvalue weighted by Gasteiger charge is -2.12. The Hall–Kier alpha value is -1.87. The van der Waals surface area contributed by atoms with E-state index in [1.54, 1.807) is 6.20 Å². The average molecular weight is 270 g/mol. The fraction of sp³-hybridized carbons (Fsp3) is 0.353. The third-order valence-electron chi connectivity index (χ3n) is 3.24. The molecular formula is C17H22N2O. The summed E-state index contributed by atoms with van der Waals surface area (Å²) in [6.45, 7) is 7.27. The molecule has 1 N–H and O–H groups in total. The predicted molar refractivity (Wildman–Crippen MR) is 82.3 cm³/mol. The van der Waals surface area contributed by atoms with E-state index in [-0.39, 0.29) is 0 Å². The van der Waals surface area contributed by atoms with Crippen LogP contribution >= 0.6 is 0 Å². The first-order valence-corrected chi connectivity index (χ1v) is 6.98. The molecule has 0 unspecified atom stereocenters. The van der Waals surface area contributed by atoms with E-state index >= 15 is 0 Å². The van der Waals surface area contributed by atoms with Crippen molar-refractivity contribution in [2.75, 3.05) is 7.05 Å². The van der Waals surface area contributed by atoms with Crippen LogP contribution in [0.25, 0.3) is 0 Å². The van der Waals surface area contributed by atoms with Gasteiger partial charge in [-0.1, -0.05) is 19.9 Å². The fourth-order valence-corrected chi connectivity index (χ4v) is 2.29. The van der Waals surface area contributed by atoms with E-state index in [0.29, 0.717) is 5.92 Å². The van der Waals surface area contributed by atoms with Gasteiger partial charge in [-0.15, -0.1) is 0 Å². The van der Waals surface area contributed by atoms with Crippen molar-refractivity contribution < 1.29 is 4.74 Å². The Morgan fingerprint density at radius 1 is 1.15 bits per heavy atom. The van der Waals surface area contributed by atoms with Gasteiger partial charge >= 0.3 is 0 Å². The second kappa shape index (κ2) is 6.53. The van der Waals surface area contributed by atoms with Crippen LogP contribution in [0.3, 0.4) is 0 Å². The maximum Gasteiger partial charge on any atom is 0.130 e. The number of pyridine rings is 1. The number of nitrogens with one attached hydrogen (secondary N) is 1. The lowest BCUT2D eigenvalue weighted by atomic mass is 9.98. The summed E-state index contributed by atoms with van der Waals surface area (Å²) in [4.78, 5) is 4.28. The van der Waals surface area contributed by atoms with Crippen molar-refractivity contribution in [1.82, 2.24) is 10.3 Å². The molecule has 0 bridgehead atoms. The van der Waals surface area contributed by atoms with Crippen LogP contribution in [0.2, 0.25) is 0 Å². The second-order valence-electron chi connectivity index (χ2n) is 5.29. The molecule has 0 fully saturated rings. The van der Waals surface area contributed by atoms with E-state index < -0.39 is 0 Å². The van der Waals surface area contributed by atoms with Gasteiger partial charge in [-0.2, -0.15) is 0 Å². The molecule has 106 valence electrons. The van der Waals surface area contributed by atoms with Crippen LogP contribution in [0.1, 0.15) is 36.6 Å². The minimum Gasteiger partial charge on any atom is -0.457 e. The first-order valence-electron chi connectivity index (χ1n) is 6.98. The third-order valence-corrected chi connectivity index (χ3v) is 3.24. The van der Waals surface area contributed by atoms with Crippen molar-refractivity contribution in [2.24, 2.45) is 0 Å². The van der Waals surface area contributed by atoms with E-state index in [1.807, 2.05) is 25.2 Å². The standard InChI is InChI=1S/C17H22N2O/c1-12(2)17-6-5-15(9-13(17)3)20-16-7-8-19-14(10-16)11-18-4/h5-10,12,18H,11H2,1-4H3. The molecule has 1 heterocycles. The third kappa shape index (κ3) is 3.58. The molecule has 0 radical (unpaired) electrons. The molecule has 20 heavy (non-hydrogen) atoms. The van der Waals surface area contributed by atoms with Crippen molar-refractivity contribution in [3.63, 3.8) is 0 Å². The number of aryl methyl sites for hydroxylation is 1. The van der Waals surface area contributed by atoms with Gasteiger partial charge in [-0.25, -0.2) is 0 Å². The minimum atomic E-state index is 0.534.